The number of hydrogen-bond acceptors (Lipinski definition) is 2. The van der Waals surface area contributed by atoms with Crippen LogP contribution >= 0.6 is 0 Å². The van der Waals surface area contributed by atoms with Crippen LogP contribution in [0.5, 0.6) is 0 Å². The van der Waals surface area contributed by atoms with Crippen molar-refractivity contribution in [2.24, 2.45) is 5.41 Å². The predicted molar refractivity (Wildman–Crippen MR) is 77.3 cm³/mol. The third-order valence-electron chi connectivity index (χ3n) is 3.10. The predicted octanol–water partition coefficient (Wildman–Crippen LogP) is 2.51. The van der Waals surface area contributed by atoms with Crippen LogP contribution in [-0.2, 0) is 11.3 Å². The smallest absolute Gasteiger partial charge is 0.315 e. The Bertz CT molecular complexity index is 495. The lowest BCUT2D eigenvalue weighted by molar-refractivity contribution is -0.138. The molecule has 1 rings (SSSR count). The van der Waals surface area contributed by atoms with Gasteiger partial charge in [-0.2, -0.15) is 0 Å². The number of aliphatic carboxylic acids is 1. The van der Waals surface area contributed by atoms with Crippen molar-refractivity contribution in [3.05, 3.63) is 35.6 Å². The summed E-state index contributed by atoms with van der Waals surface area (Å²) in [5.41, 5.74) is 0.392. The van der Waals surface area contributed by atoms with E-state index in [1.165, 1.54) is 12.1 Å². The molecule has 0 bridgehead atoms. The zero-order valence-corrected chi connectivity index (χ0v) is 12.4. The molecule has 2 amide bonds. The van der Waals surface area contributed by atoms with E-state index in [0.717, 1.165) is 5.56 Å². The lowest BCUT2D eigenvalue weighted by atomic mass is 9.85. The van der Waals surface area contributed by atoms with Gasteiger partial charge in [-0.3, -0.25) is 4.79 Å². The number of urea groups is 1. The van der Waals surface area contributed by atoms with Crippen LogP contribution < -0.4 is 10.6 Å². The van der Waals surface area contributed by atoms with Crippen molar-refractivity contribution in [2.45, 2.75) is 39.8 Å². The Balaban J connectivity index is 2.54. The van der Waals surface area contributed by atoms with Crippen LogP contribution in [0.25, 0.3) is 0 Å². The molecule has 116 valence electrons. The van der Waals surface area contributed by atoms with Gasteiger partial charge >= 0.3 is 12.0 Å². The Morgan fingerprint density at radius 1 is 1.24 bits per heavy atom. The topological polar surface area (TPSA) is 78.4 Å². The first-order valence-electron chi connectivity index (χ1n) is 6.69. The first-order valence-corrected chi connectivity index (χ1v) is 6.69. The molecular formula is C15H21FN2O3. The molecule has 5 nitrogen and oxygen atoms in total. The Morgan fingerprint density at radius 2 is 1.81 bits per heavy atom. The molecule has 3 N–H and O–H groups in total. The van der Waals surface area contributed by atoms with Gasteiger partial charge in [-0.15, -0.1) is 0 Å². The van der Waals surface area contributed by atoms with Crippen molar-refractivity contribution >= 4 is 12.0 Å². The van der Waals surface area contributed by atoms with Crippen LogP contribution in [0.3, 0.4) is 0 Å². The van der Waals surface area contributed by atoms with Crippen molar-refractivity contribution in [3.8, 4) is 0 Å². The van der Waals surface area contributed by atoms with E-state index >= 15 is 0 Å². The highest BCUT2D eigenvalue weighted by Gasteiger charge is 2.28. The summed E-state index contributed by atoms with van der Waals surface area (Å²) in [5, 5.41) is 14.2. The average molecular weight is 296 g/mol. The van der Waals surface area contributed by atoms with Gasteiger partial charge in [0, 0.05) is 12.6 Å². The molecule has 21 heavy (non-hydrogen) atoms. The number of carboxylic acids is 1. The Hall–Kier alpha value is -2.11. The number of carbonyl (C=O) groups is 2. The molecule has 0 spiro atoms. The van der Waals surface area contributed by atoms with Crippen molar-refractivity contribution < 1.29 is 19.1 Å². The first-order chi connectivity index (χ1) is 9.68. The molecule has 1 unspecified atom stereocenters. The molecule has 0 aromatic heterocycles. The van der Waals surface area contributed by atoms with Crippen LogP contribution in [0.2, 0.25) is 0 Å². The van der Waals surface area contributed by atoms with E-state index in [0.29, 0.717) is 0 Å². The van der Waals surface area contributed by atoms with Crippen molar-refractivity contribution in [3.63, 3.8) is 0 Å². The van der Waals surface area contributed by atoms with Gasteiger partial charge in [0.1, 0.15) is 5.82 Å². The van der Waals surface area contributed by atoms with Crippen LogP contribution in [0, 0.1) is 11.2 Å². The van der Waals surface area contributed by atoms with Crippen LogP contribution in [0.1, 0.15) is 32.8 Å². The number of carbonyl (C=O) groups excluding carboxylic acids is 1. The molecule has 0 radical (unpaired) electrons. The van der Waals surface area contributed by atoms with Crippen LogP contribution in [-0.4, -0.2) is 23.1 Å². The molecule has 1 aromatic carbocycles. The van der Waals surface area contributed by atoms with Gasteiger partial charge in [0.15, 0.2) is 0 Å². The molecule has 0 aliphatic heterocycles. The summed E-state index contributed by atoms with van der Waals surface area (Å²) >= 11 is 0. The number of rotatable bonds is 5. The highest BCUT2D eigenvalue weighted by Crippen LogP contribution is 2.21. The van der Waals surface area contributed by atoms with Crippen molar-refractivity contribution in [2.75, 3.05) is 0 Å². The molecule has 1 aromatic rings. The highest BCUT2D eigenvalue weighted by atomic mass is 19.1. The third-order valence-corrected chi connectivity index (χ3v) is 3.10. The maximum Gasteiger partial charge on any atom is 0.315 e. The van der Waals surface area contributed by atoms with Gasteiger partial charge in [-0.1, -0.05) is 32.9 Å². The summed E-state index contributed by atoms with van der Waals surface area (Å²) in [6, 6.07) is 4.86. The quantitative estimate of drug-likeness (QED) is 0.781. The van der Waals surface area contributed by atoms with Crippen molar-refractivity contribution in [1.29, 1.82) is 0 Å². The minimum Gasteiger partial charge on any atom is -0.481 e. The number of amides is 2. The van der Waals surface area contributed by atoms with E-state index in [4.69, 9.17) is 5.11 Å². The fourth-order valence-corrected chi connectivity index (χ4v) is 1.74. The molecule has 0 aliphatic carbocycles. The Morgan fingerprint density at radius 3 is 2.29 bits per heavy atom. The Kier molecular flexibility index (Phi) is 5.69. The maximum absolute atomic E-state index is 12.8. The number of halogens is 1. The molecular weight excluding hydrogens is 275 g/mol. The standard InChI is InChI=1S/C15H21FN2O3/c1-15(2,3)12(8-13(19)20)18-14(21)17-9-10-4-6-11(16)7-5-10/h4-7,12H,8-9H2,1-3H3,(H,19,20)(H2,17,18,21). The largest absolute Gasteiger partial charge is 0.481 e. The molecule has 6 heteroatoms. The molecule has 0 saturated heterocycles. The minimum absolute atomic E-state index is 0.145. The van der Waals surface area contributed by atoms with E-state index in [2.05, 4.69) is 10.6 Å². The van der Waals surface area contributed by atoms with E-state index in [1.54, 1.807) is 12.1 Å². The average Bonchev–Trinajstić information content (AvgIpc) is 2.36. The minimum atomic E-state index is -0.964. The summed E-state index contributed by atoms with van der Waals surface area (Å²) in [6.07, 6.45) is -0.145. The van der Waals surface area contributed by atoms with Gasteiger partial charge in [0.2, 0.25) is 0 Å². The molecule has 1 atom stereocenters. The van der Waals surface area contributed by atoms with Crippen LogP contribution in [0.15, 0.2) is 24.3 Å². The third kappa shape index (κ3) is 6.25. The lowest BCUT2D eigenvalue weighted by Crippen LogP contribution is -2.48. The number of nitrogens with one attached hydrogen (secondary N) is 2. The summed E-state index contributed by atoms with van der Waals surface area (Å²) in [7, 11) is 0. The van der Waals surface area contributed by atoms with Crippen molar-refractivity contribution in [1.82, 2.24) is 10.6 Å². The number of carboxylic acid groups (broad SMARTS) is 1. The van der Waals surface area contributed by atoms with Gasteiger partial charge < -0.3 is 15.7 Å². The normalized spacial score (nSPS) is 12.6. The van der Waals surface area contributed by atoms with E-state index in [9.17, 15) is 14.0 Å². The maximum atomic E-state index is 12.8. The lowest BCUT2D eigenvalue weighted by Gasteiger charge is -2.30. The van der Waals surface area contributed by atoms with E-state index in [1.807, 2.05) is 20.8 Å². The van der Waals surface area contributed by atoms with Crippen LogP contribution in [0.4, 0.5) is 9.18 Å². The number of benzene rings is 1. The van der Waals surface area contributed by atoms with E-state index in [-0.39, 0.29) is 24.2 Å². The highest BCUT2D eigenvalue weighted by molar-refractivity contribution is 5.75. The molecule has 0 fully saturated rings. The summed E-state index contributed by atoms with van der Waals surface area (Å²) < 4.78 is 12.8. The fourth-order valence-electron chi connectivity index (χ4n) is 1.74. The molecule has 0 saturated carbocycles. The zero-order chi connectivity index (χ0) is 16.0. The first kappa shape index (κ1) is 16.9. The second-order valence-electron chi connectivity index (χ2n) is 5.97. The summed E-state index contributed by atoms with van der Waals surface area (Å²) in [4.78, 5) is 22.7. The van der Waals surface area contributed by atoms with Gasteiger partial charge in [0.05, 0.1) is 6.42 Å². The summed E-state index contributed by atoms with van der Waals surface area (Å²) in [5.74, 6) is -1.30. The summed E-state index contributed by atoms with van der Waals surface area (Å²) in [6.45, 7) is 5.83. The molecule has 0 aliphatic rings. The molecule has 0 heterocycles. The second kappa shape index (κ2) is 7.06. The number of hydrogen-bond donors (Lipinski definition) is 3. The fraction of sp³-hybridized carbons (Fsp3) is 0.467. The second-order valence-corrected chi connectivity index (χ2v) is 5.97. The van der Waals surface area contributed by atoms with Gasteiger partial charge in [-0.05, 0) is 23.1 Å². The SMILES string of the molecule is CC(C)(C)C(CC(=O)O)NC(=O)NCc1ccc(F)cc1. The Labute approximate surface area is 123 Å². The van der Waals surface area contributed by atoms with E-state index < -0.39 is 18.0 Å². The van der Waals surface area contributed by atoms with Gasteiger partial charge in [0.25, 0.3) is 0 Å². The monoisotopic (exact) mass is 296 g/mol. The van der Waals surface area contributed by atoms with Gasteiger partial charge in [-0.25, -0.2) is 9.18 Å². The zero-order valence-electron chi connectivity index (χ0n) is 12.4.